The number of benzene rings is 1. The third kappa shape index (κ3) is 2.58. The molecule has 1 rings (SSSR count). The highest BCUT2D eigenvalue weighted by atomic mass is 35.5. The highest BCUT2D eigenvalue weighted by Gasteiger charge is 2.34. The van der Waals surface area contributed by atoms with Gasteiger partial charge in [-0.15, -0.1) is 0 Å². The molecule has 0 saturated heterocycles. The van der Waals surface area contributed by atoms with E-state index in [-0.39, 0.29) is 10.6 Å². The fourth-order valence-electron chi connectivity index (χ4n) is 1.19. The highest BCUT2D eigenvalue weighted by Crippen LogP contribution is 2.38. The van der Waals surface area contributed by atoms with Gasteiger partial charge in [0.25, 0.3) is 0 Å². The van der Waals surface area contributed by atoms with E-state index in [4.69, 9.17) is 28.2 Å². The van der Waals surface area contributed by atoms with Crippen LogP contribution in [0.2, 0.25) is 5.02 Å². The van der Waals surface area contributed by atoms with Gasteiger partial charge in [0, 0.05) is 0 Å². The first-order valence-electron chi connectivity index (χ1n) is 4.30. The van der Waals surface area contributed by atoms with Crippen molar-refractivity contribution < 1.29 is 18.3 Å². The molecule has 0 unspecified atom stereocenters. The number of aliphatic hydroxyl groups excluding tert-OH is 1. The molecule has 3 nitrogen and oxygen atoms in total. The van der Waals surface area contributed by atoms with Gasteiger partial charge in [0.05, 0.1) is 28.9 Å². The Kier molecular flexibility index (Phi) is 3.67. The van der Waals surface area contributed by atoms with Crippen molar-refractivity contribution >= 4 is 17.3 Å². The van der Waals surface area contributed by atoms with Crippen LogP contribution in [0.15, 0.2) is 12.1 Å². The molecule has 16 heavy (non-hydrogen) atoms. The van der Waals surface area contributed by atoms with Crippen LogP contribution in [0.25, 0.3) is 0 Å². The van der Waals surface area contributed by atoms with Gasteiger partial charge in [-0.1, -0.05) is 11.6 Å². The van der Waals surface area contributed by atoms with Crippen LogP contribution in [-0.2, 0) is 6.18 Å². The van der Waals surface area contributed by atoms with Gasteiger partial charge < -0.3 is 16.6 Å². The van der Waals surface area contributed by atoms with Crippen molar-refractivity contribution in [1.29, 1.82) is 0 Å². The minimum Gasteiger partial charge on any atom is -0.397 e. The Balaban J connectivity index is 3.33. The molecular formula is C9H10ClF3N2O. The molecule has 0 amide bonds. The van der Waals surface area contributed by atoms with Crippen LogP contribution >= 0.6 is 11.6 Å². The lowest BCUT2D eigenvalue weighted by Crippen LogP contribution is -2.17. The van der Waals surface area contributed by atoms with Crippen LogP contribution < -0.4 is 11.5 Å². The van der Waals surface area contributed by atoms with Crippen molar-refractivity contribution in [2.45, 2.75) is 12.2 Å². The molecule has 0 aliphatic rings. The molecular weight excluding hydrogens is 245 g/mol. The van der Waals surface area contributed by atoms with E-state index >= 15 is 0 Å². The van der Waals surface area contributed by atoms with E-state index in [1.54, 1.807) is 0 Å². The van der Waals surface area contributed by atoms with Crippen molar-refractivity contribution in [3.05, 3.63) is 28.3 Å². The maximum Gasteiger partial charge on any atom is 0.418 e. The zero-order chi connectivity index (χ0) is 12.5. The second-order valence-electron chi connectivity index (χ2n) is 3.25. The number of hydrogen-bond donors (Lipinski definition) is 3. The maximum atomic E-state index is 12.5. The Bertz CT molecular complexity index is 395. The Morgan fingerprint density at radius 1 is 1.38 bits per heavy atom. The minimum atomic E-state index is -4.60. The molecule has 90 valence electrons. The topological polar surface area (TPSA) is 72.3 Å². The number of hydrogen-bond acceptors (Lipinski definition) is 3. The molecule has 0 aliphatic heterocycles. The fraction of sp³-hybridized carbons (Fsp3) is 0.333. The van der Waals surface area contributed by atoms with E-state index in [1.165, 1.54) is 6.07 Å². The standard InChI is InChI=1S/C9H10ClF3N2O/c10-6-2-4(7(14)3-16)1-5(8(6)15)9(11,12)13/h1-2,7,16H,3,14-15H2/t7-/m0/s1. The summed E-state index contributed by atoms with van der Waals surface area (Å²) >= 11 is 5.56. The average Bonchev–Trinajstić information content (AvgIpc) is 2.18. The number of halogens is 4. The van der Waals surface area contributed by atoms with Gasteiger partial charge in [-0.25, -0.2) is 0 Å². The van der Waals surface area contributed by atoms with Gasteiger partial charge >= 0.3 is 6.18 Å². The van der Waals surface area contributed by atoms with Crippen LogP contribution in [0.1, 0.15) is 17.2 Å². The second-order valence-corrected chi connectivity index (χ2v) is 3.66. The first-order chi connectivity index (χ1) is 7.27. The molecule has 0 bridgehead atoms. The van der Waals surface area contributed by atoms with Crippen LogP contribution in [0.4, 0.5) is 18.9 Å². The van der Waals surface area contributed by atoms with Gasteiger partial charge in [0.2, 0.25) is 0 Å². The minimum absolute atomic E-state index is 0.0917. The first kappa shape index (κ1) is 13.1. The van der Waals surface area contributed by atoms with Crippen LogP contribution in [0, 0.1) is 0 Å². The molecule has 0 aliphatic carbocycles. The van der Waals surface area contributed by atoms with Crippen molar-refractivity contribution in [1.82, 2.24) is 0 Å². The summed E-state index contributed by atoms with van der Waals surface area (Å²) in [6.07, 6.45) is -4.60. The second kappa shape index (κ2) is 4.48. The lowest BCUT2D eigenvalue weighted by molar-refractivity contribution is -0.137. The molecule has 0 aromatic heterocycles. The van der Waals surface area contributed by atoms with Gasteiger partial charge in [0.15, 0.2) is 0 Å². The number of nitrogens with two attached hydrogens (primary N) is 2. The Morgan fingerprint density at radius 3 is 2.38 bits per heavy atom. The molecule has 0 fully saturated rings. The highest BCUT2D eigenvalue weighted by molar-refractivity contribution is 6.33. The Labute approximate surface area is 94.8 Å². The molecule has 0 spiro atoms. The molecule has 0 saturated carbocycles. The van der Waals surface area contributed by atoms with Crippen molar-refractivity contribution in [2.75, 3.05) is 12.3 Å². The van der Waals surface area contributed by atoms with E-state index in [0.717, 1.165) is 6.07 Å². The summed E-state index contributed by atoms with van der Waals surface area (Å²) in [6, 6.07) is 1.09. The predicted molar refractivity (Wildman–Crippen MR) is 54.9 cm³/mol. The summed E-state index contributed by atoms with van der Waals surface area (Å²) in [4.78, 5) is 0. The zero-order valence-corrected chi connectivity index (χ0v) is 8.81. The summed E-state index contributed by atoms with van der Waals surface area (Å²) in [6.45, 7) is -0.475. The number of anilines is 1. The van der Waals surface area contributed by atoms with E-state index in [9.17, 15) is 13.2 Å². The Hall–Kier alpha value is -0.980. The maximum absolute atomic E-state index is 12.5. The van der Waals surface area contributed by atoms with Gasteiger partial charge in [0.1, 0.15) is 0 Å². The van der Waals surface area contributed by atoms with Crippen molar-refractivity contribution in [3.63, 3.8) is 0 Å². The quantitative estimate of drug-likeness (QED) is 0.706. The first-order valence-corrected chi connectivity index (χ1v) is 4.67. The molecule has 1 aromatic rings. The van der Waals surface area contributed by atoms with E-state index < -0.39 is 30.1 Å². The summed E-state index contributed by atoms with van der Waals surface area (Å²) in [5, 5.41) is 8.53. The number of aliphatic hydroxyl groups is 1. The van der Waals surface area contributed by atoms with Crippen LogP contribution in [0.5, 0.6) is 0 Å². The average molecular weight is 255 g/mol. The molecule has 5 N–H and O–H groups in total. The molecule has 0 heterocycles. The molecule has 0 radical (unpaired) electrons. The molecule has 1 aromatic carbocycles. The largest absolute Gasteiger partial charge is 0.418 e. The van der Waals surface area contributed by atoms with Crippen molar-refractivity contribution in [3.8, 4) is 0 Å². The summed E-state index contributed by atoms with van der Waals surface area (Å²) in [5.74, 6) is 0. The summed E-state index contributed by atoms with van der Waals surface area (Å²) in [7, 11) is 0. The zero-order valence-electron chi connectivity index (χ0n) is 8.05. The van der Waals surface area contributed by atoms with Crippen LogP contribution in [-0.4, -0.2) is 11.7 Å². The Morgan fingerprint density at radius 2 is 1.94 bits per heavy atom. The predicted octanol–water partition coefficient (Wildman–Crippen LogP) is 1.93. The number of rotatable bonds is 2. The normalized spacial score (nSPS) is 13.9. The van der Waals surface area contributed by atoms with Crippen molar-refractivity contribution in [2.24, 2.45) is 5.73 Å². The third-order valence-electron chi connectivity index (χ3n) is 2.08. The SMILES string of the molecule is Nc1c(Cl)cc([C@@H](N)CO)cc1C(F)(F)F. The lowest BCUT2D eigenvalue weighted by atomic mass is 10.0. The monoisotopic (exact) mass is 254 g/mol. The lowest BCUT2D eigenvalue weighted by Gasteiger charge is -2.16. The molecule has 1 atom stereocenters. The number of nitrogen functional groups attached to an aromatic ring is 1. The summed E-state index contributed by atoms with van der Waals surface area (Å²) < 4.78 is 37.6. The number of alkyl halides is 3. The van der Waals surface area contributed by atoms with E-state index in [1.807, 2.05) is 0 Å². The van der Waals surface area contributed by atoms with Crippen LogP contribution in [0.3, 0.4) is 0 Å². The van der Waals surface area contributed by atoms with Gasteiger partial charge in [-0.2, -0.15) is 13.2 Å². The fourth-order valence-corrected chi connectivity index (χ4v) is 1.42. The van der Waals surface area contributed by atoms with E-state index in [0.29, 0.717) is 0 Å². The van der Waals surface area contributed by atoms with Gasteiger partial charge in [-0.3, -0.25) is 0 Å². The third-order valence-corrected chi connectivity index (χ3v) is 2.39. The van der Waals surface area contributed by atoms with Gasteiger partial charge in [-0.05, 0) is 17.7 Å². The van der Waals surface area contributed by atoms with E-state index in [2.05, 4.69) is 0 Å². The molecule has 7 heteroatoms. The summed E-state index contributed by atoms with van der Waals surface area (Å²) in [5.41, 5.74) is 9.14. The smallest absolute Gasteiger partial charge is 0.397 e.